The van der Waals surface area contributed by atoms with Crippen LogP contribution in [0, 0.1) is 13.8 Å². The Kier molecular flexibility index (Phi) is 4.40. The van der Waals surface area contributed by atoms with Crippen LogP contribution < -0.4 is 5.32 Å². The second-order valence-corrected chi connectivity index (χ2v) is 5.55. The van der Waals surface area contributed by atoms with Crippen molar-refractivity contribution in [3.63, 3.8) is 0 Å². The third-order valence-corrected chi connectivity index (χ3v) is 4.22. The van der Waals surface area contributed by atoms with Crippen molar-refractivity contribution in [2.75, 3.05) is 11.9 Å². The topological polar surface area (TPSA) is 94.1 Å². The molecule has 106 valence electrons. The van der Waals surface area contributed by atoms with Gasteiger partial charge in [-0.05, 0) is 32.3 Å². The SMILES string of the molecule is CCOC(=O)c1sc(NC(=O)c2snnc2C)nc1C. The van der Waals surface area contributed by atoms with Gasteiger partial charge in [0.05, 0.1) is 18.0 Å². The molecule has 0 spiro atoms. The molecule has 0 bridgehead atoms. The molecule has 20 heavy (non-hydrogen) atoms. The van der Waals surface area contributed by atoms with Gasteiger partial charge in [0.2, 0.25) is 0 Å². The van der Waals surface area contributed by atoms with E-state index in [1.807, 2.05) is 0 Å². The van der Waals surface area contributed by atoms with E-state index in [4.69, 9.17) is 4.74 Å². The minimum atomic E-state index is -0.432. The van der Waals surface area contributed by atoms with Crippen LogP contribution >= 0.6 is 22.9 Å². The number of hydrogen-bond acceptors (Lipinski definition) is 8. The number of aromatic nitrogens is 3. The molecule has 2 aromatic rings. The van der Waals surface area contributed by atoms with Crippen molar-refractivity contribution in [3.05, 3.63) is 21.1 Å². The molecule has 2 aromatic heterocycles. The predicted molar refractivity (Wildman–Crippen MR) is 75.4 cm³/mol. The van der Waals surface area contributed by atoms with Gasteiger partial charge in [-0.3, -0.25) is 10.1 Å². The number of hydrogen-bond donors (Lipinski definition) is 1. The van der Waals surface area contributed by atoms with Crippen LogP contribution in [0.25, 0.3) is 0 Å². The van der Waals surface area contributed by atoms with Gasteiger partial charge in [0, 0.05) is 0 Å². The molecule has 0 unspecified atom stereocenters. The van der Waals surface area contributed by atoms with E-state index in [1.54, 1.807) is 20.8 Å². The zero-order chi connectivity index (χ0) is 14.7. The number of thiazole rings is 1. The van der Waals surface area contributed by atoms with Gasteiger partial charge in [-0.25, -0.2) is 9.78 Å². The smallest absolute Gasteiger partial charge is 0.350 e. The number of nitrogens with one attached hydrogen (secondary N) is 1. The number of carbonyl (C=O) groups excluding carboxylic acids is 2. The molecule has 7 nitrogen and oxygen atoms in total. The summed E-state index contributed by atoms with van der Waals surface area (Å²) in [6.07, 6.45) is 0. The van der Waals surface area contributed by atoms with Gasteiger partial charge in [0.15, 0.2) is 5.13 Å². The van der Waals surface area contributed by atoms with E-state index in [0.717, 1.165) is 22.9 Å². The Labute approximate surface area is 123 Å². The maximum Gasteiger partial charge on any atom is 0.350 e. The molecule has 0 saturated heterocycles. The maximum absolute atomic E-state index is 12.0. The van der Waals surface area contributed by atoms with Gasteiger partial charge < -0.3 is 4.74 Å². The van der Waals surface area contributed by atoms with Gasteiger partial charge >= 0.3 is 5.97 Å². The summed E-state index contributed by atoms with van der Waals surface area (Å²) in [6.45, 7) is 5.42. The fraction of sp³-hybridized carbons (Fsp3) is 0.364. The van der Waals surface area contributed by atoms with Crippen LogP contribution in [0.2, 0.25) is 0 Å². The summed E-state index contributed by atoms with van der Waals surface area (Å²) in [6, 6.07) is 0. The molecule has 2 rings (SSSR count). The summed E-state index contributed by atoms with van der Waals surface area (Å²) in [7, 11) is 0. The standard InChI is InChI=1S/C11H12N4O3S2/c1-4-18-10(17)8-5(2)12-11(19-8)13-9(16)7-6(3)14-15-20-7/h4H2,1-3H3,(H,12,13,16). The molecule has 9 heteroatoms. The molecule has 0 radical (unpaired) electrons. The predicted octanol–water partition coefficient (Wildman–Crippen LogP) is 2.04. The van der Waals surface area contributed by atoms with Crippen molar-refractivity contribution in [1.82, 2.24) is 14.6 Å². The molecule has 0 aliphatic heterocycles. The Bertz CT molecular complexity index is 650. The molecule has 1 amide bonds. The summed E-state index contributed by atoms with van der Waals surface area (Å²) in [5.74, 6) is -0.764. The molecular weight excluding hydrogens is 300 g/mol. The summed E-state index contributed by atoms with van der Waals surface area (Å²) >= 11 is 2.10. The van der Waals surface area contributed by atoms with Crippen molar-refractivity contribution >= 4 is 39.9 Å². The lowest BCUT2D eigenvalue weighted by atomic mass is 10.4. The van der Waals surface area contributed by atoms with E-state index in [1.165, 1.54) is 0 Å². The lowest BCUT2D eigenvalue weighted by Crippen LogP contribution is -2.11. The van der Waals surface area contributed by atoms with Gasteiger partial charge in [-0.2, -0.15) is 0 Å². The van der Waals surface area contributed by atoms with Gasteiger partial charge in [-0.1, -0.05) is 15.8 Å². The first-order valence-corrected chi connectivity index (χ1v) is 7.36. The number of anilines is 1. The van der Waals surface area contributed by atoms with E-state index in [2.05, 4.69) is 19.9 Å². The quantitative estimate of drug-likeness (QED) is 0.868. The fourth-order valence-electron chi connectivity index (χ4n) is 1.43. The number of nitrogens with zero attached hydrogens (tertiary/aromatic N) is 3. The lowest BCUT2D eigenvalue weighted by molar-refractivity contribution is 0.0531. The average molecular weight is 312 g/mol. The molecule has 0 atom stereocenters. The van der Waals surface area contributed by atoms with E-state index in [-0.39, 0.29) is 5.91 Å². The summed E-state index contributed by atoms with van der Waals surface area (Å²) in [4.78, 5) is 28.6. The molecule has 0 aliphatic rings. The highest BCUT2D eigenvalue weighted by atomic mass is 32.1. The zero-order valence-electron chi connectivity index (χ0n) is 11.1. The van der Waals surface area contributed by atoms with Gasteiger partial charge in [0.25, 0.3) is 5.91 Å². The monoisotopic (exact) mass is 312 g/mol. The summed E-state index contributed by atoms with van der Waals surface area (Å²) < 4.78 is 8.62. The second kappa shape index (κ2) is 6.06. The molecule has 0 saturated carbocycles. The third kappa shape index (κ3) is 2.99. The Morgan fingerprint density at radius 3 is 2.60 bits per heavy atom. The number of carbonyl (C=O) groups is 2. The first kappa shape index (κ1) is 14.5. The number of rotatable bonds is 4. The highest BCUT2D eigenvalue weighted by molar-refractivity contribution is 7.17. The van der Waals surface area contributed by atoms with Gasteiger partial charge in [0.1, 0.15) is 9.75 Å². The van der Waals surface area contributed by atoms with Gasteiger partial charge in [-0.15, -0.1) is 5.10 Å². The van der Waals surface area contributed by atoms with Crippen molar-refractivity contribution in [2.45, 2.75) is 20.8 Å². The van der Waals surface area contributed by atoms with E-state index in [9.17, 15) is 9.59 Å². The first-order valence-electron chi connectivity index (χ1n) is 5.77. The van der Waals surface area contributed by atoms with Crippen LogP contribution in [0.15, 0.2) is 0 Å². The molecule has 0 aliphatic carbocycles. The van der Waals surface area contributed by atoms with Crippen molar-refractivity contribution in [3.8, 4) is 0 Å². The van der Waals surface area contributed by atoms with E-state index < -0.39 is 5.97 Å². The maximum atomic E-state index is 12.0. The average Bonchev–Trinajstić information content (AvgIpc) is 2.96. The highest BCUT2D eigenvalue weighted by Gasteiger charge is 2.19. The van der Waals surface area contributed by atoms with Crippen LogP contribution in [0.3, 0.4) is 0 Å². The fourth-order valence-corrected chi connectivity index (χ4v) is 2.84. The largest absolute Gasteiger partial charge is 0.462 e. The Morgan fingerprint density at radius 1 is 1.25 bits per heavy atom. The van der Waals surface area contributed by atoms with Crippen molar-refractivity contribution in [2.24, 2.45) is 0 Å². The minimum absolute atomic E-state index is 0.295. The summed E-state index contributed by atoms with van der Waals surface area (Å²) in [5, 5.41) is 6.76. The van der Waals surface area contributed by atoms with Crippen LogP contribution in [0.5, 0.6) is 0 Å². The van der Waals surface area contributed by atoms with Crippen LogP contribution in [-0.2, 0) is 4.74 Å². The third-order valence-electron chi connectivity index (χ3n) is 2.34. The summed E-state index contributed by atoms with van der Waals surface area (Å²) in [5.41, 5.74) is 1.09. The van der Waals surface area contributed by atoms with Crippen LogP contribution in [0.1, 0.15) is 37.7 Å². The Balaban J connectivity index is 2.15. The van der Waals surface area contributed by atoms with E-state index >= 15 is 0 Å². The molecular formula is C11H12N4O3S2. The molecule has 0 fully saturated rings. The Hall–Kier alpha value is -1.87. The number of amides is 1. The number of ether oxygens (including phenoxy) is 1. The molecule has 1 N–H and O–H groups in total. The Morgan fingerprint density at radius 2 is 2.00 bits per heavy atom. The van der Waals surface area contributed by atoms with E-state index in [0.29, 0.717) is 32.9 Å². The number of esters is 1. The highest BCUT2D eigenvalue weighted by Crippen LogP contribution is 2.24. The normalized spacial score (nSPS) is 10.3. The molecule has 2 heterocycles. The first-order chi connectivity index (χ1) is 9.52. The van der Waals surface area contributed by atoms with Crippen molar-refractivity contribution < 1.29 is 14.3 Å². The number of aryl methyl sites for hydroxylation is 2. The van der Waals surface area contributed by atoms with Crippen molar-refractivity contribution in [1.29, 1.82) is 0 Å². The van der Waals surface area contributed by atoms with Crippen LogP contribution in [-0.4, -0.2) is 33.1 Å². The molecule has 0 aromatic carbocycles. The zero-order valence-corrected chi connectivity index (χ0v) is 12.7. The minimum Gasteiger partial charge on any atom is -0.462 e. The van der Waals surface area contributed by atoms with Crippen LogP contribution in [0.4, 0.5) is 5.13 Å². The second-order valence-electron chi connectivity index (χ2n) is 3.80. The lowest BCUT2D eigenvalue weighted by Gasteiger charge is -1.98.